The number of benzene rings is 2. The Labute approximate surface area is 149 Å². The molecule has 124 valence electrons. The molecule has 0 bridgehead atoms. The maximum absolute atomic E-state index is 12.0. The van der Waals surface area contributed by atoms with Crippen LogP contribution in [0.4, 0.5) is 10.5 Å². The van der Waals surface area contributed by atoms with E-state index in [0.29, 0.717) is 22.1 Å². The molecule has 1 heterocycles. The first-order chi connectivity index (χ1) is 12.2. The second kappa shape index (κ2) is 8.08. The van der Waals surface area contributed by atoms with E-state index in [1.54, 1.807) is 42.6 Å². The fourth-order valence-corrected chi connectivity index (χ4v) is 2.33. The van der Waals surface area contributed by atoms with Crippen LogP contribution in [0.5, 0.6) is 0 Å². The van der Waals surface area contributed by atoms with Gasteiger partial charge >= 0.3 is 6.09 Å². The van der Waals surface area contributed by atoms with Gasteiger partial charge in [-0.05, 0) is 30.3 Å². The number of pyridine rings is 1. The Morgan fingerprint density at radius 1 is 1.00 bits per heavy atom. The summed E-state index contributed by atoms with van der Waals surface area (Å²) in [4.78, 5) is 21.3. The summed E-state index contributed by atoms with van der Waals surface area (Å²) < 4.78 is 0. The van der Waals surface area contributed by atoms with Crippen LogP contribution in [-0.2, 0) is 4.84 Å². The van der Waals surface area contributed by atoms with Crippen molar-refractivity contribution < 1.29 is 9.63 Å². The Hall–Kier alpha value is -3.18. The SMILES string of the molecule is O=C(Nc1cccc(Cl)c1)O/N=C(/c1ccccc1)c1ccccn1. The van der Waals surface area contributed by atoms with Gasteiger partial charge in [-0.25, -0.2) is 4.79 Å². The summed E-state index contributed by atoms with van der Waals surface area (Å²) >= 11 is 5.89. The van der Waals surface area contributed by atoms with Crippen LogP contribution in [0, 0.1) is 0 Å². The predicted molar refractivity (Wildman–Crippen MR) is 97.9 cm³/mol. The number of nitrogens with one attached hydrogen (secondary N) is 1. The molecular weight excluding hydrogens is 338 g/mol. The Balaban J connectivity index is 1.80. The van der Waals surface area contributed by atoms with Crippen molar-refractivity contribution in [1.82, 2.24) is 4.98 Å². The van der Waals surface area contributed by atoms with Crippen molar-refractivity contribution in [2.75, 3.05) is 5.32 Å². The Morgan fingerprint density at radius 3 is 2.52 bits per heavy atom. The van der Waals surface area contributed by atoms with Crippen molar-refractivity contribution >= 4 is 29.1 Å². The van der Waals surface area contributed by atoms with Gasteiger partial charge in [-0.3, -0.25) is 15.1 Å². The molecule has 0 atom stereocenters. The summed E-state index contributed by atoms with van der Waals surface area (Å²) in [7, 11) is 0. The Kier molecular flexibility index (Phi) is 5.39. The summed E-state index contributed by atoms with van der Waals surface area (Å²) in [5.74, 6) is 0. The van der Waals surface area contributed by atoms with Crippen molar-refractivity contribution in [3.63, 3.8) is 0 Å². The number of aromatic nitrogens is 1. The molecule has 1 amide bonds. The lowest BCUT2D eigenvalue weighted by molar-refractivity contribution is 0.166. The van der Waals surface area contributed by atoms with Crippen molar-refractivity contribution in [2.45, 2.75) is 0 Å². The molecule has 0 saturated heterocycles. The van der Waals surface area contributed by atoms with Gasteiger partial charge < -0.3 is 0 Å². The number of anilines is 1. The lowest BCUT2D eigenvalue weighted by Crippen LogP contribution is -2.13. The van der Waals surface area contributed by atoms with E-state index in [1.165, 1.54) is 0 Å². The fraction of sp³-hybridized carbons (Fsp3) is 0. The van der Waals surface area contributed by atoms with Crippen LogP contribution in [0.15, 0.2) is 84.1 Å². The summed E-state index contributed by atoms with van der Waals surface area (Å²) in [6.07, 6.45) is 0.937. The molecule has 2 aromatic carbocycles. The highest BCUT2D eigenvalue weighted by Gasteiger charge is 2.11. The number of carbonyl (C=O) groups is 1. The number of halogens is 1. The molecule has 0 aliphatic carbocycles. The first-order valence-electron chi connectivity index (χ1n) is 7.51. The minimum atomic E-state index is -0.716. The molecule has 1 N–H and O–H groups in total. The van der Waals surface area contributed by atoms with Gasteiger partial charge in [0.1, 0.15) is 5.71 Å². The molecule has 3 rings (SSSR count). The summed E-state index contributed by atoms with van der Waals surface area (Å²) in [6, 6.07) is 21.6. The van der Waals surface area contributed by atoms with Crippen LogP contribution in [0.2, 0.25) is 5.02 Å². The van der Waals surface area contributed by atoms with Gasteiger partial charge in [0, 0.05) is 22.5 Å². The summed E-state index contributed by atoms with van der Waals surface area (Å²) in [5.41, 5.74) is 2.37. The molecule has 0 saturated carbocycles. The summed E-state index contributed by atoms with van der Waals surface area (Å²) in [5, 5.41) is 7.07. The van der Waals surface area contributed by atoms with Gasteiger partial charge in [-0.2, -0.15) is 0 Å². The molecule has 0 aliphatic heterocycles. The van der Waals surface area contributed by atoms with Crippen molar-refractivity contribution in [3.8, 4) is 0 Å². The molecule has 0 unspecified atom stereocenters. The Bertz CT molecular complexity index is 842. The molecule has 1 aromatic heterocycles. The van der Waals surface area contributed by atoms with E-state index in [9.17, 15) is 4.79 Å². The standard InChI is InChI=1S/C19H14ClN3O2/c20-15-9-6-10-16(13-15)22-19(24)25-23-18(14-7-2-1-3-8-14)17-11-4-5-12-21-17/h1-13H,(H,22,24)/b23-18-. The maximum Gasteiger partial charge on any atom is 0.437 e. The van der Waals surface area contributed by atoms with Gasteiger partial charge in [-0.15, -0.1) is 0 Å². The largest absolute Gasteiger partial charge is 0.437 e. The lowest BCUT2D eigenvalue weighted by Gasteiger charge is -2.07. The Morgan fingerprint density at radius 2 is 1.80 bits per heavy atom. The molecule has 3 aromatic rings. The highest BCUT2D eigenvalue weighted by Crippen LogP contribution is 2.15. The number of nitrogens with zero attached hydrogens (tertiary/aromatic N) is 2. The zero-order valence-corrected chi connectivity index (χ0v) is 13.9. The summed E-state index contributed by atoms with van der Waals surface area (Å²) in [6.45, 7) is 0. The van der Waals surface area contributed by atoms with Gasteiger partial charge in [-0.1, -0.05) is 59.2 Å². The van der Waals surface area contributed by atoms with Crippen molar-refractivity contribution in [3.05, 3.63) is 95.3 Å². The van der Waals surface area contributed by atoms with E-state index >= 15 is 0 Å². The molecule has 0 aliphatic rings. The van der Waals surface area contributed by atoms with E-state index < -0.39 is 6.09 Å². The molecule has 5 nitrogen and oxygen atoms in total. The molecular formula is C19H14ClN3O2. The molecule has 0 radical (unpaired) electrons. The van der Waals surface area contributed by atoms with Gasteiger partial charge in [0.05, 0.1) is 5.69 Å². The lowest BCUT2D eigenvalue weighted by atomic mass is 10.1. The van der Waals surface area contributed by atoms with E-state index in [1.807, 2.05) is 36.4 Å². The average Bonchev–Trinajstić information content (AvgIpc) is 2.64. The normalized spacial score (nSPS) is 11.0. The van der Waals surface area contributed by atoms with Crippen LogP contribution in [-0.4, -0.2) is 16.8 Å². The van der Waals surface area contributed by atoms with E-state index in [0.717, 1.165) is 5.56 Å². The van der Waals surface area contributed by atoms with E-state index in [-0.39, 0.29) is 0 Å². The maximum atomic E-state index is 12.0. The zero-order chi connectivity index (χ0) is 17.5. The smallest absolute Gasteiger partial charge is 0.297 e. The minimum Gasteiger partial charge on any atom is -0.297 e. The highest BCUT2D eigenvalue weighted by molar-refractivity contribution is 6.30. The number of hydrogen-bond acceptors (Lipinski definition) is 4. The number of carbonyl (C=O) groups excluding carboxylic acids is 1. The number of rotatable bonds is 4. The number of oxime groups is 1. The molecule has 25 heavy (non-hydrogen) atoms. The average molecular weight is 352 g/mol. The molecule has 0 fully saturated rings. The third-order valence-electron chi connectivity index (χ3n) is 3.25. The number of amides is 1. The third-order valence-corrected chi connectivity index (χ3v) is 3.48. The third kappa shape index (κ3) is 4.65. The van der Waals surface area contributed by atoms with Crippen molar-refractivity contribution in [2.24, 2.45) is 5.16 Å². The highest BCUT2D eigenvalue weighted by atomic mass is 35.5. The van der Waals surface area contributed by atoms with Crippen LogP contribution in [0.25, 0.3) is 0 Å². The fourth-order valence-electron chi connectivity index (χ4n) is 2.14. The quantitative estimate of drug-likeness (QED) is 0.419. The van der Waals surface area contributed by atoms with Crippen LogP contribution >= 0.6 is 11.6 Å². The number of hydrogen-bond donors (Lipinski definition) is 1. The van der Waals surface area contributed by atoms with Crippen molar-refractivity contribution in [1.29, 1.82) is 0 Å². The minimum absolute atomic E-state index is 0.461. The zero-order valence-electron chi connectivity index (χ0n) is 13.1. The topological polar surface area (TPSA) is 63.6 Å². The van der Waals surface area contributed by atoms with Gasteiger partial charge in [0.25, 0.3) is 0 Å². The first-order valence-corrected chi connectivity index (χ1v) is 7.88. The molecule has 6 heteroatoms. The monoisotopic (exact) mass is 351 g/mol. The molecule has 0 spiro atoms. The van der Waals surface area contributed by atoms with E-state index in [4.69, 9.17) is 16.4 Å². The second-order valence-electron chi connectivity index (χ2n) is 5.03. The van der Waals surface area contributed by atoms with Gasteiger partial charge in [0.15, 0.2) is 0 Å². The predicted octanol–water partition coefficient (Wildman–Crippen LogP) is 4.74. The van der Waals surface area contributed by atoms with Gasteiger partial charge in [0.2, 0.25) is 0 Å². The van der Waals surface area contributed by atoms with Crippen LogP contribution in [0.1, 0.15) is 11.3 Å². The van der Waals surface area contributed by atoms with Crippen LogP contribution in [0.3, 0.4) is 0 Å². The van der Waals surface area contributed by atoms with Crippen LogP contribution < -0.4 is 5.32 Å². The first kappa shape index (κ1) is 16.7. The van der Waals surface area contributed by atoms with E-state index in [2.05, 4.69) is 15.5 Å². The second-order valence-corrected chi connectivity index (χ2v) is 5.47.